The Morgan fingerprint density at radius 1 is 1.47 bits per heavy atom. The van der Waals surface area contributed by atoms with Crippen molar-refractivity contribution in [2.24, 2.45) is 5.73 Å². The number of Topliss-reactive ketones (excluding diaryl/α,β-unsaturated/α-hetero) is 1. The van der Waals surface area contributed by atoms with Crippen molar-refractivity contribution in [1.29, 1.82) is 0 Å². The second kappa shape index (κ2) is 5.90. The Hall–Kier alpha value is -1.79. The smallest absolute Gasteiger partial charge is 0.189 e. The van der Waals surface area contributed by atoms with E-state index in [0.29, 0.717) is 18.7 Å². The maximum atomic E-state index is 13.2. The first kappa shape index (κ1) is 13.6. The largest absolute Gasteiger partial charge is 0.329 e. The molecule has 1 aromatic carbocycles. The van der Waals surface area contributed by atoms with E-state index in [2.05, 4.69) is 10.3 Å². The fourth-order valence-corrected chi connectivity index (χ4v) is 1.71. The third kappa shape index (κ3) is 3.36. The van der Waals surface area contributed by atoms with Gasteiger partial charge in [-0.3, -0.25) is 9.48 Å². The van der Waals surface area contributed by atoms with Crippen molar-refractivity contribution in [1.82, 2.24) is 15.0 Å². The molecule has 2 N–H and O–H groups in total. The van der Waals surface area contributed by atoms with Gasteiger partial charge >= 0.3 is 0 Å². The van der Waals surface area contributed by atoms with Crippen molar-refractivity contribution >= 4 is 17.4 Å². The van der Waals surface area contributed by atoms with Gasteiger partial charge in [-0.25, -0.2) is 4.39 Å². The minimum absolute atomic E-state index is 0.0325. The molecular weight excluding hydrogens is 271 g/mol. The molecule has 2 rings (SSSR count). The Morgan fingerprint density at radius 3 is 2.95 bits per heavy atom. The van der Waals surface area contributed by atoms with Gasteiger partial charge in [-0.15, -0.1) is 5.10 Å². The average Bonchev–Trinajstić information content (AvgIpc) is 2.83. The first-order valence-corrected chi connectivity index (χ1v) is 6.05. The molecule has 100 valence electrons. The van der Waals surface area contributed by atoms with Crippen molar-refractivity contribution < 1.29 is 9.18 Å². The normalized spacial score (nSPS) is 10.7. The zero-order chi connectivity index (χ0) is 13.8. The fraction of sp³-hybridized carbons (Fsp3) is 0.250. The van der Waals surface area contributed by atoms with E-state index in [4.69, 9.17) is 17.3 Å². The monoisotopic (exact) mass is 282 g/mol. The Bertz CT molecular complexity index is 599. The molecule has 0 bridgehead atoms. The zero-order valence-corrected chi connectivity index (χ0v) is 10.8. The molecule has 0 aliphatic rings. The highest BCUT2D eigenvalue weighted by Gasteiger charge is 2.12. The Kier molecular flexibility index (Phi) is 4.24. The fourth-order valence-electron chi connectivity index (χ4n) is 1.59. The maximum absolute atomic E-state index is 13.2. The molecule has 0 amide bonds. The molecule has 2 aromatic rings. The minimum atomic E-state index is -0.543. The number of ketones is 1. The Labute approximate surface area is 114 Å². The highest BCUT2D eigenvalue weighted by atomic mass is 35.5. The predicted molar refractivity (Wildman–Crippen MR) is 68.5 cm³/mol. The van der Waals surface area contributed by atoms with E-state index < -0.39 is 5.82 Å². The summed E-state index contributed by atoms with van der Waals surface area (Å²) in [7, 11) is 0. The van der Waals surface area contributed by atoms with Crippen molar-refractivity contribution in [3.63, 3.8) is 0 Å². The van der Waals surface area contributed by atoms with Crippen LogP contribution in [0.2, 0.25) is 5.02 Å². The first-order valence-electron chi connectivity index (χ1n) is 5.67. The highest BCUT2D eigenvalue weighted by Crippen LogP contribution is 2.16. The highest BCUT2D eigenvalue weighted by molar-refractivity contribution is 6.30. The molecular formula is C12H12ClFN4O. The van der Waals surface area contributed by atoms with Crippen LogP contribution in [0.4, 0.5) is 4.39 Å². The summed E-state index contributed by atoms with van der Waals surface area (Å²) in [6, 6.07) is 4.27. The third-order valence-electron chi connectivity index (χ3n) is 2.53. The summed E-state index contributed by atoms with van der Waals surface area (Å²) in [6.07, 6.45) is 1.58. The van der Waals surface area contributed by atoms with Crippen LogP contribution >= 0.6 is 11.6 Å². The summed E-state index contributed by atoms with van der Waals surface area (Å²) < 4.78 is 14.7. The van der Waals surface area contributed by atoms with Crippen molar-refractivity contribution in [3.05, 3.63) is 46.5 Å². The molecule has 7 heteroatoms. The maximum Gasteiger partial charge on any atom is 0.189 e. The zero-order valence-electron chi connectivity index (χ0n) is 10.0. The molecule has 1 heterocycles. The first-order chi connectivity index (χ1) is 9.10. The number of nitrogens with two attached hydrogens (primary N) is 1. The van der Waals surface area contributed by atoms with Gasteiger partial charge in [0.1, 0.15) is 11.5 Å². The van der Waals surface area contributed by atoms with Gasteiger partial charge in [-0.2, -0.15) is 0 Å². The molecule has 0 radical (unpaired) electrons. The minimum Gasteiger partial charge on any atom is -0.329 e. The van der Waals surface area contributed by atoms with E-state index in [1.807, 2.05) is 0 Å². The van der Waals surface area contributed by atoms with E-state index in [9.17, 15) is 9.18 Å². The van der Waals surface area contributed by atoms with Crippen molar-refractivity contribution in [3.8, 4) is 0 Å². The molecule has 0 unspecified atom stereocenters. The van der Waals surface area contributed by atoms with Crippen LogP contribution in [0, 0.1) is 5.82 Å². The number of rotatable bonds is 5. The number of carbonyl (C=O) groups is 1. The van der Waals surface area contributed by atoms with Crippen molar-refractivity contribution in [2.75, 3.05) is 6.54 Å². The second-order valence-corrected chi connectivity index (χ2v) is 4.41. The predicted octanol–water partition coefficient (Wildman–Crippen LogP) is 1.45. The van der Waals surface area contributed by atoms with Crippen LogP contribution in [0.15, 0.2) is 24.4 Å². The van der Waals surface area contributed by atoms with E-state index in [-0.39, 0.29) is 22.9 Å². The van der Waals surface area contributed by atoms with Gasteiger partial charge in [0.25, 0.3) is 0 Å². The van der Waals surface area contributed by atoms with E-state index in [1.165, 1.54) is 23.0 Å². The number of benzene rings is 1. The van der Waals surface area contributed by atoms with Crippen LogP contribution < -0.4 is 5.73 Å². The lowest BCUT2D eigenvalue weighted by Crippen LogP contribution is -2.10. The van der Waals surface area contributed by atoms with Gasteiger partial charge in [0.15, 0.2) is 5.78 Å². The van der Waals surface area contributed by atoms with Crippen LogP contribution in [0.3, 0.4) is 0 Å². The number of halogens is 2. The summed E-state index contributed by atoms with van der Waals surface area (Å²) in [5.74, 6) is -0.774. The van der Waals surface area contributed by atoms with Gasteiger partial charge in [0.2, 0.25) is 0 Å². The molecule has 0 saturated heterocycles. The van der Waals surface area contributed by atoms with Gasteiger partial charge in [-0.1, -0.05) is 22.9 Å². The quantitative estimate of drug-likeness (QED) is 0.843. The Morgan fingerprint density at radius 2 is 2.26 bits per heavy atom. The molecule has 0 spiro atoms. The molecule has 19 heavy (non-hydrogen) atoms. The molecule has 1 aromatic heterocycles. The van der Waals surface area contributed by atoms with Crippen molar-refractivity contribution in [2.45, 2.75) is 13.0 Å². The van der Waals surface area contributed by atoms with Crippen LogP contribution in [0.25, 0.3) is 0 Å². The third-order valence-corrected chi connectivity index (χ3v) is 2.84. The van der Waals surface area contributed by atoms with Crippen LogP contribution in [0.5, 0.6) is 0 Å². The van der Waals surface area contributed by atoms with E-state index in [0.717, 1.165) is 0 Å². The summed E-state index contributed by atoms with van der Waals surface area (Å²) in [6.45, 7) is 0.912. The SMILES string of the molecule is NCCn1cc(C(=O)Cc2ccc(Cl)c(F)c2)nn1. The molecule has 0 fully saturated rings. The lowest BCUT2D eigenvalue weighted by molar-refractivity contribution is 0.0988. The lowest BCUT2D eigenvalue weighted by Gasteiger charge is -2.00. The van der Waals surface area contributed by atoms with E-state index in [1.54, 1.807) is 6.07 Å². The summed E-state index contributed by atoms with van der Waals surface area (Å²) in [4.78, 5) is 11.9. The number of carbonyl (C=O) groups excluding carboxylic acids is 1. The summed E-state index contributed by atoms with van der Waals surface area (Å²) in [5.41, 5.74) is 6.15. The van der Waals surface area contributed by atoms with Gasteiger partial charge in [-0.05, 0) is 17.7 Å². The number of hydrogen-bond acceptors (Lipinski definition) is 4. The average molecular weight is 283 g/mol. The van der Waals surface area contributed by atoms with Gasteiger partial charge < -0.3 is 5.73 Å². The van der Waals surface area contributed by atoms with E-state index >= 15 is 0 Å². The van der Waals surface area contributed by atoms with Gasteiger partial charge in [0, 0.05) is 13.0 Å². The summed E-state index contributed by atoms with van der Waals surface area (Å²) in [5, 5.41) is 7.56. The molecule has 0 atom stereocenters. The number of aromatic nitrogens is 3. The lowest BCUT2D eigenvalue weighted by atomic mass is 10.1. The molecule has 5 nitrogen and oxygen atoms in total. The topological polar surface area (TPSA) is 73.8 Å². The number of hydrogen-bond donors (Lipinski definition) is 1. The van der Waals surface area contributed by atoms with Crippen LogP contribution in [-0.4, -0.2) is 27.3 Å². The molecule has 0 aliphatic heterocycles. The van der Waals surface area contributed by atoms with Gasteiger partial charge in [0.05, 0.1) is 17.8 Å². The van der Waals surface area contributed by atoms with Crippen LogP contribution in [0.1, 0.15) is 16.1 Å². The summed E-state index contributed by atoms with van der Waals surface area (Å²) >= 11 is 5.57. The standard InChI is InChI=1S/C12H12ClFN4O/c13-9-2-1-8(5-10(9)14)6-12(19)11-7-18(4-3-15)17-16-11/h1-2,5,7H,3-4,6,15H2. The molecule has 0 saturated carbocycles. The van der Waals surface area contributed by atoms with Crippen LogP contribution in [-0.2, 0) is 13.0 Å². The second-order valence-electron chi connectivity index (χ2n) is 4.00. The Balaban J connectivity index is 2.09. The molecule has 0 aliphatic carbocycles. The number of nitrogens with zero attached hydrogens (tertiary/aromatic N) is 3.